The van der Waals surface area contributed by atoms with E-state index in [-0.39, 0.29) is 0 Å². The molecule has 0 spiro atoms. The third-order valence-electron chi connectivity index (χ3n) is 3.55. The van der Waals surface area contributed by atoms with Gasteiger partial charge in [-0.2, -0.15) is 11.8 Å². The highest BCUT2D eigenvalue weighted by atomic mass is 32.2. The normalized spacial score (nSPS) is 19.3. The third kappa shape index (κ3) is 3.64. The van der Waals surface area contributed by atoms with Crippen LogP contribution in [0.3, 0.4) is 0 Å². The number of anilines is 1. The molecular weight excluding hydrogens is 274 g/mol. The lowest BCUT2D eigenvalue weighted by molar-refractivity contribution is 0.691. The van der Waals surface area contributed by atoms with Gasteiger partial charge in [0.2, 0.25) is 0 Å². The quantitative estimate of drug-likeness (QED) is 0.872. The summed E-state index contributed by atoms with van der Waals surface area (Å²) in [6.07, 6.45) is 1.29. The Labute approximate surface area is 125 Å². The van der Waals surface area contributed by atoms with E-state index in [1.165, 1.54) is 33.6 Å². The standard InChI is InChI=1S/C14H25N3S2/c1-5-15-8-12-13(10(2)3)16-14(19-12)17(4)11-6-7-18-9-11/h10-11,15H,5-9H2,1-4H3. The molecule has 1 aliphatic heterocycles. The van der Waals surface area contributed by atoms with Crippen LogP contribution in [0.4, 0.5) is 5.13 Å². The first kappa shape index (κ1) is 15.1. The zero-order chi connectivity index (χ0) is 13.8. The van der Waals surface area contributed by atoms with E-state index >= 15 is 0 Å². The van der Waals surface area contributed by atoms with Crippen LogP contribution in [0.15, 0.2) is 0 Å². The molecule has 0 amide bonds. The van der Waals surface area contributed by atoms with E-state index in [9.17, 15) is 0 Å². The van der Waals surface area contributed by atoms with Crippen molar-refractivity contribution in [3.8, 4) is 0 Å². The van der Waals surface area contributed by atoms with Gasteiger partial charge in [-0.05, 0) is 24.6 Å². The Morgan fingerprint density at radius 1 is 1.47 bits per heavy atom. The molecule has 5 heteroatoms. The smallest absolute Gasteiger partial charge is 0.185 e. The van der Waals surface area contributed by atoms with Gasteiger partial charge in [-0.25, -0.2) is 4.98 Å². The molecular formula is C14H25N3S2. The Bertz CT molecular complexity index is 397. The van der Waals surface area contributed by atoms with E-state index < -0.39 is 0 Å². The lowest BCUT2D eigenvalue weighted by Gasteiger charge is -2.22. The van der Waals surface area contributed by atoms with Gasteiger partial charge in [-0.1, -0.05) is 20.8 Å². The minimum absolute atomic E-state index is 0.505. The second-order valence-electron chi connectivity index (χ2n) is 5.37. The fraction of sp³-hybridized carbons (Fsp3) is 0.786. The van der Waals surface area contributed by atoms with E-state index in [1.807, 2.05) is 11.3 Å². The summed E-state index contributed by atoms with van der Waals surface area (Å²) in [5, 5.41) is 4.63. The summed E-state index contributed by atoms with van der Waals surface area (Å²) in [6, 6.07) is 0.670. The average molecular weight is 300 g/mol. The van der Waals surface area contributed by atoms with Gasteiger partial charge < -0.3 is 10.2 Å². The highest BCUT2D eigenvalue weighted by Crippen LogP contribution is 2.33. The molecule has 1 atom stereocenters. The molecule has 0 radical (unpaired) electrons. The molecule has 1 aromatic heterocycles. The van der Waals surface area contributed by atoms with Crippen molar-refractivity contribution in [3.63, 3.8) is 0 Å². The molecule has 3 nitrogen and oxygen atoms in total. The van der Waals surface area contributed by atoms with Crippen LogP contribution >= 0.6 is 23.1 Å². The maximum Gasteiger partial charge on any atom is 0.185 e. The lowest BCUT2D eigenvalue weighted by Crippen LogP contribution is -2.31. The number of aromatic nitrogens is 1. The van der Waals surface area contributed by atoms with Crippen molar-refractivity contribution in [1.82, 2.24) is 10.3 Å². The summed E-state index contributed by atoms with van der Waals surface area (Å²) < 4.78 is 0. The minimum Gasteiger partial charge on any atom is -0.347 e. The second kappa shape index (κ2) is 6.95. The molecule has 108 valence electrons. The second-order valence-corrected chi connectivity index (χ2v) is 7.58. The van der Waals surface area contributed by atoms with Gasteiger partial charge >= 0.3 is 0 Å². The van der Waals surface area contributed by atoms with E-state index in [0.29, 0.717) is 12.0 Å². The van der Waals surface area contributed by atoms with Crippen LogP contribution < -0.4 is 10.2 Å². The van der Waals surface area contributed by atoms with Gasteiger partial charge in [0.25, 0.3) is 0 Å². The minimum atomic E-state index is 0.505. The highest BCUT2D eigenvalue weighted by molar-refractivity contribution is 7.99. The van der Waals surface area contributed by atoms with Crippen LogP contribution in [-0.2, 0) is 6.54 Å². The van der Waals surface area contributed by atoms with Crippen molar-refractivity contribution < 1.29 is 0 Å². The van der Waals surface area contributed by atoms with Gasteiger partial charge in [0.1, 0.15) is 0 Å². The van der Waals surface area contributed by atoms with Gasteiger partial charge in [0.15, 0.2) is 5.13 Å². The van der Waals surface area contributed by atoms with Crippen molar-refractivity contribution >= 4 is 28.2 Å². The van der Waals surface area contributed by atoms with E-state index in [1.54, 1.807) is 0 Å². The fourth-order valence-electron chi connectivity index (χ4n) is 2.30. The Morgan fingerprint density at radius 3 is 2.84 bits per heavy atom. The van der Waals surface area contributed by atoms with Crippen LogP contribution in [0.25, 0.3) is 0 Å². The Morgan fingerprint density at radius 2 is 2.26 bits per heavy atom. The number of nitrogens with one attached hydrogen (secondary N) is 1. The SMILES string of the molecule is CCNCc1sc(N(C)C2CCSC2)nc1C(C)C. The molecule has 2 rings (SSSR count). The number of hydrogen-bond donors (Lipinski definition) is 1. The van der Waals surface area contributed by atoms with Gasteiger partial charge in [0, 0.05) is 30.3 Å². The summed E-state index contributed by atoms with van der Waals surface area (Å²) in [5.74, 6) is 3.04. The first-order chi connectivity index (χ1) is 9.13. The molecule has 0 aliphatic carbocycles. The zero-order valence-corrected chi connectivity index (χ0v) is 14.0. The Balaban J connectivity index is 2.15. The van der Waals surface area contributed by atoms with Crippen molar-refractivity contribution in [1.29, 1.82) is 0 Å². The van der Waals surface area contributed by atoms with Crippen LogP contribution in [0.5, 0.6) is 0 Å². The molecule has 0 saturated carbocycles. The first-order valence-electron chi connectivity index (χ1n) is 7.14. The van der Waals surface area contributed by atoms with Crippen LogP contribution in [0.2, 0.25) is 0 Å². The fourth-order valence-corrected chi connectivity index (χ4v) is 4.79. The third-order valence-corrected chi connectivity index (χ3v) is 5.86. The predicted molar refractivity (Wildman–Crippen MR) is 87.7 cm³/mol. The average Bonchev–Trinajstić information content (AvgIpc) is 3.04. The Kier molecular flexibility index (Phi) is 5.54. The van der Waals surface area contributed by atoms with E-state index in [4.69, 9.17) is 4.98 Å². The van der Waals surface area contributed by atoms with Gasteiger partial charge in [0.05, 0.1) is 5.69 Å². The molecule has 1 unspecified atom stereocenters. The zero-order valence-electron chi connectivity index (χ0n) is 12.4. The van der Waals surface area contributed by atoms with Gasteiger partial charge in [-0.15, -0.1) is 11.3 Å². The van der Waals surface area contributed by atoms with Crippen molar-refractivity contribution in [3.05, 3.63) is 10.6 Å². The van der Waals surface area contributed by atoms with E-state index in [2.05, 4.69) is 49.8 Å². The summed E-state index contributed by atoms with van der Waals surface area (Å²) in [6.45, 7) is 8.59. The number of rotatable bonds is 6. The molecule has 1 aliphatic rings. The summed E-state index contributed by atoms with van der Waals surface area (Å²) in [5.41, 5.74) is 1.28. The number of nitrogens with zero attached hydrogens (tertiary/aromatic N) is 2. The highest BCUT2D eigenvalue weighted by Gasteiger charge is 2.24. The van der Waals surface area contributed by atoms with Crippen LogP contribution in [0.1, 0.15) is 43.7 Å². The van der Waals surface area contributed by atoms with E-state index in [0.717, 1.165) is 13.1 Å². The number of hydrogen-bond acceptors (Lipinski definition) is 5. The maximum absolute atomic E-state index is 4.90. The Hall–Kier alpha value is -0.260. The predicted octanol–water partition coefficient (Wildman–Crippen LogP) is 3.32. The van der Waals surface area contributed by atoms with Crippen molar-refractivity contribution in [2.45, 2.75) is 45.7 Å². The number of thioether (sulfide) groups is 1. The van der Waals surface area contributed by atoms with Crippen LogP contribution in [-0.4, -0.2) is 36.1 Å². The monoisotopic (exact) mass is 299 g/mol. The van der Waals surface area contributed by atoms with Crippen molar-refractivity contribution in [2.24, 2.45) is 0 Å². The molecule has 19 heavy (non-hydrogen) atoms. The van der Waals surface area contributed by atoms with Gasteiger partial charge in [-0.3, -0.25) is 0 Å². The maximum atomic E-state index is 4.90. The summed E-state index contributed by atoms with van der Waals surface area (Å²) in [7, 11) is 2.20. The lowest BCUT2D eigenvalue weighted by atomic mass is 10.1. The largest absolute Gasteiger partial charge is 0.347 e. The number of thiazole rings is 1. The molecule has 2 heterocycles. The molecule has 1 saturated heterocycles. The van der Waals surface area contributed by atoms with Crippen molar-refractivity contribution in [2.75, 3.05) is 30.0 Å². The van der Waals surface area contributed by atoms with Crippen LogP contribution in [0, 0.1) is 0 Å². The summed E-state index contributed by atoms with van der Waals surface area (Å²) in [4.78, 5) is 8.70. The molecule has 1 fully saturated rings. The molecule has 0 aromatic carbocycles. The molecule has 1 N–H and O–H groups in total. The summed E-state index contributed by atoms with van der Waals surface area (Å²) >= 11 is 3.92. The first-order valence-corrected chi connectivity index (χ1v) is 9.11. The molecule has 0 bridgehead atoms. The topological polar surface area (TPSA) is 28.2 Å². The molecule has 1 aromatic rings.